The summed E-state index contributed by atoms with van der Waals surface area (Å²) >= 11 is 0. The Labute approximate surface area is 217 Å². The summed E-state index contributed by atoms with van der Waals surface area (Å²) in [6, 6.07) is -13.2. The molecule has 5 aromatic rings. The third kappa shape index (κ3) is 3.45. The molecule has 0 aromatic heterocycles. The third-order valence-corrected chi connectivity index (χ3v) is 8.86. The van der Waals surface area contributed by atoms with Crippen molar-refractivity contribution in [3.8, 4) is 11.1 Å². The Morgan fingerprint density at radius 3 is 1.50 bits per heavy atom. The van der Waals surface area contributed by atoms with Crippen molar-refractivity contribution in [2.45, 2.75) is 0 Å². The van der Waals surface area contributed by atoms with Crippen LogP contribution in [-0.2, 0) is 0 Å². The van der Waals surface area contributed by atoms with Gasteiger partial charge in [0.1, 0.15) is 0 Å². The lowest BCUT2D eigenvalue weighted by molar-refractivity contribution is 1.61. The van der Waals surface area contributed by atoms with E-state index in [-0.39, 0.29) is 11.3 Å². The van der Waals surface area contributed by atoms with Gasteiger partial charge in [0.2, 0.25) is 0 Å². The summed E-state index contributed by atoms with van der Waals surface area (Å²) in [6.45, 7) is 0. The molecule has 0 aliphatic carbocycles. The maximum absolute atomic E-state index is 9.63. The van der Waals surface area contributed by atoms with Crippen LogP contribution >= 0.6 is 0 Å². The van der Waals surface area contributed by atoms with Crippen molar-refractivity contribution in [3.63, 3.8) is 0 Å². The van der Waals surface area contributed by atoms with Gasteiger partial charge in [0.25, 0.3) is 0 Å². The van der Waals surface area contributed by atoms with Crippen LogP contribution in [-0.4, -0.2) is 8.07 Å². The van der Waals surface area contributed by atoms with Gasteiger partial charge in [-0.1, -0.05) is 133 Å². The van der Waals surface area contributed by atoms with Gasteiger partial charge in [-0.05, 0) is 32.4 Å². The van der Waals surface area contributed by atoms with Gasteiger partial charge in [0.15, 0.2) is 8.07 Å². The summed E-state index contributed by atoms with van der Waals surface area (Å²) in [5, 5.41) is -3.55. The minimum absolute atomic E-state index is 0.0247. The van der Waals surface area contributed by atoms with Crippen molar-refractivity contribution in [3.05, 3.63) is 139 Å². The van der Waals surface area contributed by atoms with E-state index >= 15 is 0 Å². The lowest BCUT2D eigenvalue weighted by Crippen LogP contribution is -2.74. The fourth-order valence-electron chi connectivity index (χ4n) is 3.45. The van der Waals surface area contributed by atoms with Crippen LogP contribution in [0.3, 0.4) is 0 Å². The molecule has 0 aliphatic heterocycles. The Bertz CT molecular complexity index is 2090. The first-order valence-corrected chi connectivity index (χ1v) is 11.4. The van der Waals surface area contributed by atoms with Crippen LogP contribution in [0.1, 0.15) is 26.0 Å². The molecule has 2 N–H and O–H groups in total. The van der Waals surface area contributed by atoms with E-state index in [1.54, 1.807) is 0 Å². The SMILES string of the molecule is [2H]c1c([2H])c([2H])c([Si](c2c([2H])c([2H])c([2H])c([2H])c2[2H])(c2c([2H])c([2H])c([2H])c([2H])c2[2H])c2c([2H])c([2H])c([2H])c(-c3ccccc3N)c2[2H])c([2H])c1[2H]. The molecule has 5 rings (SSSR count). The van der Waals surface area contributed by atoms with Crippen LogP contribution in [0.4, 0.5) is 5.69 Å². The fourth-order valence-corrected chi connectivity index (χ4v) is 7.02. The largest absolute Gasteiger partial charge is 0.398 e. The zero-order valence-electron chi connectivity index (χ0n) is 35.4. The molecule has 0 atom stereocenters. The molecule has 0 spiro atoms. The lowest BCUT2D eigenvalue weighted by atomic mass is 10.0. The Kier molecular flexibility index (Phi) is 2.15. The molecule has 2 heteroatoms. The lowest BCUT2D eigenvalue weighted by Gasteiger charge is -2.34. The summed E-state index contributed by atoms with van der Waals surface area (Å²) in [4.78, 5) is 0. The summed E-state index contributed by atoms with van der Waals surface area (Å²) in [5.41, 5.74) is 5.73. The molecule has 154 valence electrons. The van der Waals surface area contributed by atoms with Gasteiger partial charge in [0, 0.05) is 11.3 Å². The second kappa shape index (κ2) is 8.70. The number of nitrogens with two attached hydrogens (primary N) is 1. The summed E-state index contributed by atoms with van der Waals surface area (Å²) in [7, 11) is -5.86. The number of para-hydroxylation sites is 1. The minimum atomic E-state index is -5.86. The Morgan fingerprint density at radius 1 is 0.531 bits per heavy atom. The number of hydrogen-bond acceptors (Lipinski definition) is 1. The molecule has 0 heterocycles. The minimum Gasteiger partial charge on any atom is -0.398 e. The van der Waals surface area contributed by atoms with E-state index in [0.29, 0.717) is 0 Å². The van der Waals surface area contributed by atoms with Gasteiger partial charge >= 0.3 is 0 Å². The normalized spacial score (nSPS) is 19.6. The zero-order valence-corrected chi connectivity index (χ0v) is 17.4. The predicted molar refractivity (Wildman–Crippen MR) is 140 cm³/mol. The number of anilines is 1. The first kappa shape index (κ1) is 7.91. The quantitative estimate of drug-likeness (QED) is 0.243. The maximum atomic E-state index is 9.63. The van der Waals surface area contributed by atoms with Gasteiger partial charge in [-0.15, -0.1) is 0 Å². The highest BCUT2D eigenvalue weighted by Crippen LogP contribution is 2.25. The van der Waals surface area contributed by atoms with Crippen molar-refractivity contribution >= 4 is 34.5 Å². The summed E-state index contributed by atoms with van der Waals surface area (Å²) in [6.07, 6.45) is 0. The van der Waals surface area contributed by atoms with Crippen LogP contribution in [0.2, 0.25) is 0 Å². The van der Waals surface area contributed by atoms with E-state index in [1.165, 1.54) is 24.3 Å². The van der Waals surface area contributed by atoms with E-state index in [0.717, 1.165) is 0 Å². The molecule has 1 nitrogen and oxygen atoms in total. The highest BCUT2D eigenvalue weighted by molar-refractivity contribution is 7.19. The fraction of sp³-hybridized carbons (Fsp3) is 0. The highest BCUT2D eigenvalue weighted by atomic mass is 28.3. The van der Waals surface area contributed by atoms with Gasteiger partial charge in [-0.25, -0.2) is 0 Å². The number of benzene rings is 5. The molecular weight excluding hydrogens is 402 g/mol. The molecular formula is C30H25NSi. The van der Waals surface area contributed by atoms with Crippen molar-refractivity contribution in [1.82, 2.24) is 0 Å². The number of hydrogen-bond donors (Lipinski definition) is 1. The second-order valence-corrected chi connectivity index (χ2v) is 10.1. The monoisotopic (exact) mass is 446 g/mol. The highest BCUT2D eigenvalue weighted by Gasteiger charge is 2.41. The van der Waals surface area contributed by atoms with E-state index < -0.39 is 149 Å². The summed E-state index contributed by atoms with van der Waals surface area (Å²) in [5.74, 6) is 0. The van der Waals surface area contributed by atoms with Gasteiger partial charge in [-0.3, -0.25) is 0 Å². The molecule has 32 heavy (non-hydrogen) atoms. The molecule has 0 unspecified atom stereocenters. The van der Waals surface area contributed by atoms with E-state index in [1.807, 2.05) is 0 Å². The van der Waals surface area contributed by atoms with Crippen molar-refractivity contribution < 1.29 is 26.0 Å². The van der Waals surface area contributed by atoms with Crippen molar-refractivity contribution in [2.75, 3.05) is 5.73 Å². The number of rotatable bonds is 5. The molecule has 0 bridgehead atoms. The number of nitrogen functional groups attached to an aromatic ring is 1. The average Bonchev–Trinajstić information content (AvgIpc) is 3.09. The summed E-state index contributed by atoms with van der Waals surface area (Å²) < 4.78 is 168. The van der Waals surface area contributed by atoms with Crippen molar-refractivity contribution in [2.24, 2.45) is 0 Å². The van der Waals surface area contributed by atoms with Crippen LogP contribution in [0, 0.1) is 0 Å². The van der Waals surface area contributed by atoms with Crippen LogP contribution in [0.15, 0.2) is 139 Å². The van der Waals surface area contributed by atoms with Gasteiger partial charge in [0.05, 0.1) is 26.0 Å². The standard InChI is InChI=1S/C30H25NSi/c31-30-22-11-10-21-29(30)24-13-12-20-28(23-24)32(25-14-4-1-5-15-25,26-16-6-2-7-17-26)27-18-8-3-9-19-27/h1-23H,31H2/i1D,2D,3D,4D,5D,6D,7D,8D,9D,12D,13D,14D,15D,16D,17D,18D,19D,20D,23D. The van der Waals surface area contributed by atoms with E-state index in [2.05, 4.69) is 0 Å². The molecule has 0 aliphatic rings. The smallest absolute Gasteiger partial charge is 0.179 e. The third-order valence-electron chi connectivity index (χ3n) is 4.86. The van der Waals surface area contributed by atoms with Crippen molar-refractivity contribution in [1.29, 1.82) is 0 Å². The zero-order chi connectivity index (χ0) is 38.3. The van der Waals surface area contributed by atoms with E-state index in [9.17, 15) is 2.74 Å². The molecule has 0 saturated heterocycles. The van der Waals surface area contributed by atoms with Gasteiger partial charge in [-0.2, -0.15) is 0 Å². The Morgan fingerprint density at radius 2 is 1.00 bits per heavy atom. The second-order valence-electron chi connectivity index (χ2n) is 6.59. The van der Waals surface area contributed by atoms with E-state index in [4.69, 9.17) is 29.0 Å². The topological polar surface area (TPSA) is 26.0 Å². The first-order chi connectivity index (χ1) is 23.7. The Hall–Kier alpha value is -3.88. The average molecular weight is 447 g/mol. The molecule has 0 radical (unpaired) electrons. The molecule has 5 aromatic carbocycles. The first-order valence-electron chi connectivity index (χ1n) is 18.9. The van der Waals surface area contributed by atoms with Crippen LogP contribution in [0.5, 0.6) is 0 Å². The van der Waals surface area contributed by atoms with Crippen LogP contribution < -0.4 is 26.5 Å². The van der Waals surface area contributed by atoms with Crippen LogP contribution in [0.25, 0.3) is 11.1 Å². The molecule has 0 fully saturated rings. The maximum Gasteiger partial charge on any atom is 0.179 e. The van der Waals surface area contributed by atoms with Gasteiger partial charge < -0.3 is 5.73 Å². The predicted octanol–water partition coefficient (Wildman–Crippen LogP) is 4.31. The molecule has 0 saturated carbocycles. The Balaban J connectivity index is 2.37. The molecule has 0 amide bonds.